The summed E-state index contributed by atoms with van der Waals surface area (Å²) >= 11 is 5.92. The predicted octanol–water partition coefficient (Wildman–Crippen LogP) is 3.49. The molecule has 0 bridgehead atoms. The number of pyridine rings is 1. The molecule has 1 fully saturated rings. The van der Waals surface area contributed by atoms with Gasteiger partial charge in [0.2, 0.25) is 0 Å². The van der Waals surface area contributed by atoms with E-state index in [0.717, 1.165) is 50.7 Å². The number of hydrogen-bond acceptors (Lipinski definition) is 4. The number of nitrogens with one attached hydrogen (secondary N) is 1. The molecule has 1 aromatic heterocycles. The molecule has 0 spiro atoms. The molecule has 0 aliphatic carbocycles. The zero-order chi connectivity index (χ0) is 18.9. The van der Waals surface area contributed by atoms with Crippen LogP contribution in [0.3, 0.4) is 0 Å². The quantitative estimate of drug-likeness (QED) is 0.788. The number of aromatic nitrogens is 1. The molecular formula is C20H25ClN4O2. The highest BCUT2D eigenvalue weighted by Gasteiger charge is 2.16. The molecule has 0 unspecified atom stereocenters. The normalized spacial score (nSPS) is 14.7. The van der Waals surface area contributed by atoms with E-state index in [1.807, 2.05) is 18.2 Å². The average Bonchev–Trinajstić information content (AvgIpc) is 2.70. The van der Waals surface area contributed by atoms with Gasteiger partial charge in [-0.15, -0.1) is 0 Å². The Kier molecular flexibility index (Phi) is 7.45. The van der Waals surface area contributed by atoms with E-state index in [4.69, 9.17) is 16.3 Å². The molecule has 0 atom stereocenters. The van der Waals surface area contributed by atoms with Crippen molar-refractivity contribution in [2.75, 3.05) is 44.7 Å². The number of rotatable bonds is 7. The number of hydrogen-bond donors (Lipinski definition) is 1. The first-order valence-electron chi connectivity index (χ1n) is 9.22. The Morgan fingerprint density at radius 2 is 1.96 bits per heavy atom. The van der Waals surface area contributed by atoms with Crippen molar-refractivity contribution in [3.8, 4) is 0 Å². The van der Waals surface area contributed by atoms with E-state index in [2.05, 4.69) is 15.2 Å². The van der Waals surface area contributed by atoms with Crippen LogP contribution in [0.5, 0.6) is 0 Å². The van der Waals surface area contributed by atoms with Gasteiger partial charge in [0.15, 0.2) is 0 Å². The molecule has 3 rings (SSSR count). The van der Waals surface area contributed by atoms with Gasteiger partial charge in [-0.2, -0.15) is 0 Å². The second-order valence-corrected chi connectivity index (χ2v) is 6.92. The van der Waals surface area contributed by atoms with E-state index >= 15 is 0 Å². The molecule has 2 amide bonds. The Morgan fingerprint density at radius 3 is 2.67 bits per heavy atom. The summed E-state index contributed by atoms with van der Waals surface area (Å²) in [5.74, 6) is 0. The standard InChI is InChI=1S/C20H25ClN4O2/c21-17-5-7-18(8-6-17)23-20(26)25(16-19-4-1-2-9-22-19)11-3-10-24-12-14-27-15-13-24/h1-2,4-9H,3,10-16H2,(H,23,26). The summed E-state index contributed by atoms with van der Waals surface area (Å²) in [6.07, 6.45) is 2.65. The first kappa shape index (κ1) is 19.6. The Hall–Kier alpha value is -2.15. The highest BCUT2D eigenvalue weighted by Crippen LogP contribution is 2.15. The number of benzene rings is 1. The summed E-state index contributed by atoms with van der Waals surface area (Å²) in [4.78, 5) is 21.3. The number of amides is 2. The van der Waals surface area contributed by atoms with Crippen molar-refractivity contribution >= 4 is 23.3 Å². The zero-order valence-corrected chi connectivity index (χ0v) is 16.1. The fraction of sp³-hybridized carbons (Fsp3) is 0.400. The average molecular weight is 389 g/mol. The molecule has 2 heterocycles. The van der Waals surface area contributed by atoms with Gasteiger partial charge >= 0.3 is 6.03 Å². The predicted molar refractivity (Wildman–Crippen MR) is 107 cm³/mol. The van der Waals surface area contributed by atoms with Gasteiger partial charge in [-0.05, 0) is 42.8 Å². The minimum absolute atomic E-state index is 0.134. The van der Waals surface area contributed by atoms with Crippen molar-refractivity contribution in [2.24, 2.45) is 0 Å². The number of urea groups is 1. The van der Waals surface area contributed by atoms with Crippen molar-refractivity contribution in [2.45, 2.75) is 13.0 Å². The molecule has 1 N–H and O–H groups in total. The third-order valence-electron chi connectivity index (χ3n) is 4.47. The van der Waals surface area contributed by atoms with Crippen molar-refractivity contribution in [1.29, 1.82) is 0 Å². The first-order valence-corrected chi connectivity index (χ1v) is 9.60. The second-order valence-electron chi connectivity index (χ2n) is 6.49. The van der Waals surface area contributed by atoms with Crippen LogP contribution in [0.2, 0.25) is 5.02 Å². The minimum atomic E-state index is -0.134. The number of halogens is 1. The minimum Gasteiger partial charge on any atom is -0.379 e. The van der Waals surface area contributed by atoms with Crippen molar-refractivity contribution in [1.82, 2.24) is 14.8 Å². The fourth-order valence-electron chi connectivity index (χ4n) is 2.99. The lowest BCUT2D eigenvalue weighted by molar-refractivity contribution is 0.0365. The smallest absolute Gasteiger partial charge is 0.322 e. The van der Waals surface area contributed by atoms with Crippen molar-refractivity contribution < 1.29 is 9.53 Å². The summed E-state index contributed by atoms with van der Waals surface area (Å²) < 4.78 is 5.39. The molecule has 1 aromatic carbocycles. The van der Waals surface area contributed by atoms with Crippen LogP contribution in [0, 0.1) is 0 Å². The van der Waals surface area contributed by atoms with Crippen molar-refractivity contribution in [3.63, 3.8) is 0 Å². The number of carbonyl (C=O) groups excluding carboxylic acids is 1. The summed E-state index contributed by atoms with van der Waals surface area (Å²) in [6, 6.07) is 12.7. The number of carbonyl (C=O) groups is 1. The third-order valence-corrected chi connectivity index (χ3v) is 4.72. The lowest BCUT2D eigenvalue weighted by Crippen LogP contribution is -2.40. The molecule has 7 heteroatoms. The number of morpholine rings is 1. The topological polar surface area (TPSA) is 57.7 Å². The van der Waals surface area contributed by atoms with E-state index in [1.165, 1.54) is 0 Å². The second kappa shape index (κ2) is 10.3. The monoisotopic (exact) mass is 388 g/mol. The van der Waals surface area contributed by atoms with Gasteiger partial charge in [0, 0.05) is 43.1 Å². The Bertz CT molecular complexity index is 706. The van der Waals surface area contributed by atoms with Crippen LogP contribution in [-0.2, 0) is 11.3 Å². The van der Waals surface area contributed by atoms with Crippen LogP contribution in [-0.4, -0.2) is 60.2 Å². The fourth-order valence-corrected chi connectivity index (χ4v) is 3.11. The highest BCUT2D eigenvalue weighted by atomic mass is 35.5. The zero-order valence-electron chi connectivity index (χ0n) is 15.3. The van der Waals surface area contributed by atoms with Crippen LogP contribution >= 0.6 is 11.6 Å². The van der Waals surface area contributed by atoms with E-state index < -0.39 is 0 Å². The maximum absolute atomic E-state index is 12.8. The third kappa shape index (κ3) is 6.50. The molecule has 6 nitrogen and oxygen atoms in total. The van der Waals surface area contributed by atoms with Gasteiger partial charge in [-0.3, -0.25) is 9.88 Å². The number of ether oxygens (including phenoxy) is 1. The SMILES string of the molecule is O=C(Nc1ccc(Cl)cc1)N(CCCN1CCOCC1)Cc1ccccn1. The molecule has 144 valence electrons. The lowest BCUT2D eigenvalue weighted by atomic mass is 10.3. The lowest BCUT2D eigenvalue weighted by Gasteiger charge is -2.28. The van der Waals surface area contributed by atoms with E-state index in [9.17, 15) is 4.79 Å². The Morgan fingerprint density at radius 1 is 1.19 bits per heavy atom. The molecule has 2 aromatic rings. The van der Waals surface area contributed by atoms with E-state index in [0.29, 0.717) is 18.1 Å². The summed E-state index contributed by atoms with van der Waals surface area (Å²) in [5, 5.41) is 3.59. The molecule has 0 radical (unpaired) electrons. The first-order chi connectivity index (χ1) is 13.2. The molecule has 1 aliphatic rings. The van der Waals surface area contributed by atoms with Crippen LogP contribution in [0.1, 0.15) is 12.1 Å². The van der Waals surface area contributed by atoms with Gasteiger partial charge < -0.3 is 15.0 Å². The largest absolute Gasteiger partial charge is 0.379 e. The van der Waals surface area contributed by atoms with Crippen LogP contribution in [0.25, 0.3) is 0 Å². The van der Waals surface area contributed by atoms with Gasteiger partial charge in [-0.1, -0.05) is 17.7 Å². The summed E-state index contributed by atoms with van der Waals surface area (Å²) in [5.41, 5.74) is 1.60. The maximum Gasteiger partial charge on any atom is 0.322 e. The number of nitrogens with zero attached hydrogens (tertiary/aromatic N) is 3. The van der Waals surface area contributed by atoms with Gasteiger partial charge in [0.1, 0.15) is 0 Å². The van der Waals surface area contributed by atoms with E-state index in [1.54, 1.807) is 35.4 Å². The van der Waals surface area contributed by atoms with Crippen molar-refractivity contribution in [3.05, 3.63) is 59.4 Å². The molecule has 27 heavy (non-hydrogen) atoms. The summed E-state index contributed by atoms with van der Waals surface area (Å²) in [6.45, 7) is 5.57. The van der Waals surface area contributed by atoms with Gasteiger partial charge in [0.25, 0.3) is 0 Å². The summed E-state index contributed by atoms with van der Waals surface area (Å²) in [7, 11) is 0. The van der Waals surface area contributed by atoms with Gasteiger partial charge in [0.05, 0.1) is 25.5 Å². The molecule has 1 saturated heterocycles. The van der Waals surface area contributed by atoms with Crippen LogP contribution in [0.4, 0.5) is 10.5 Å². The van der Waals surface area contributed by atoms with Gasteiger partial charge in [-0.25, -0.2) is 4.79 Å². The maximum atomic E-state index is 12.8. The van der Waals surface area contributed by atoms with E-state index in [-0.39, 0.29) is 6.03 Å². The number of anilines is 1. The van der Waals surface area contributed by atoms with Crippen LogP contribution < -0.4 is 5.32 Å². The highest BCUT2D eigenvalue weighted by molar-refractivity contribution is 6.30. The Balaban J connectivity index is 1.59. The Labute approximate surface area is 165 Å². The molecule has 1 aliphatic heterocycles. The van der Waals surface area contributed by atoms with Crippen LogP contribution in [0.15, 0.2) is 48.7 Å². The molecule has 0 saturated carbocycles. The molecular weight excluding hydrogens is 364 g/mol.